The molecule has 7 heavy (non-hydrogen) atoms. The minimum absolute atomic E-state index is 0.235. The van der Waals surface area contributed by atoms with Crippen LogP contribution in [0.15, 0.2) is 0 Å². The Kier molecular flexibility index (Phi) is 0.964. The maximum Gasteiger partial charge on any atom is 0.348 e. The molecule has 0 saturated carbocycles. The highest BCUT2D eigenvalue weighted by Gasteiger charge is 2.36. The Morgan fingerprint density at radius 2 is 2.43 bits per heavy atom. The van der Waals surface area contributed by atoms with Crippen LogP contribution in [-0.4, -0.2) is 18.7 Å². The Hall–Kier alpha value is -0.600. The topological polar surface area (TPSA) is 29.6 Å². The molecule has 0 amide bonds. The number of carbonyl (C=O) groups excluding carboxylic acids is 1. The van der Waals surface area contributed by atoms with Crippen LogP contribution in [0.3, 0.4) is 0 Å². The van der Waals surface area contributed by atoms with Crippen molar-refractivity contribution >= 4 is 5.97 Å². The molecule has 0 bridgehead atoms. The maximum atomic E-state index is 11.2. The van der Waals surface area contributed by atoms with E-state index >= 15 is 0 Å². The molecule has 1 unspecified atom stereocenters. The first-order valence-corrected chi connectivity index (χ1v) is 2.11. The molecule has 1 saturated heterocycles. The van der Waals surface area contributed by atoms with Gasteiger partial charge in [-0.25, -0.2) is 4.79 Å². The van der Waals surface area contributed by atoms with Crippen molar-refractivity contribution < 1.29 is 13.9 Å². The standard InChI is InChI=1S/C4H5FO2/c5-2-1-3-4(6)7-3/h3H,1-2H2. The third kappa shape index (κ3) is 0.885. The molecular weight excluding hydrogens is 99.0 g/mol. The van der Waals surface area contributed by atoms with Gasteiger partial charge in [0.15, 0.2) is 0 Å². The van der Waals surface area contributed by atoms with Gasteiger partial charge in [0.25, 0.3) is 0 Å². The van der Waals surface area contributed by atoms with Gasteiger partial charge in [-0.15, -0.1) is 0 Å². The molecule has 0 aromatic carbocycles. The Labute approximate surface area is 40.3 Å². The third-order valence-electron chi connectivity index (χ3n) is 0.835. The fourth-order valence-corrected chi connectivity index (χ4v) is 0.382. The number of rotatable bonds is 2. The highest BCUT2D eigenvalue weighted by Crippen LogP contribution is 2.15. The summed E-state index contributed by atoms with van der Waals surface area (Å²) in [6, 6.07) is 0. The molecule has 0 aromatic rings. The molecule has 1 heterocycles. The lowest BCUT2D eigenvalue weighted by Gasteiger charge is -1.74. The summed E-state index contributed by atoms with van der Waals surface area (Å²) in [5, 5.41) is 0. The highest BCUT2D eigenvalue weighted by atomic mass is 19.1. The minimum atomic E-state index is -0.462. The van der Waals surface area contributed by atoms with E-state index in [0.717, 1.165) is 0 Å². The van der Waals surface area contributed by atoms with E-state index in [1.54, 1.807) is 0 Å². The molecule has 40 valence electrons. The van der Waals surface area contributed by atoms with E-state index in [0.29, 0.717) is 0 Å². The van der Waals surface area contributed by atoms with Crippen molar-refractivity contribution in [3.8, 4) is 0 Å². The van der Waals surface area contributed by atoms with Crippen molar-refractivity contribution in [1.82, 2.24) is 0 Å². The predicted molar refractivity (Wildman–Crippen MR) is 20.5 cm³/mol. The van der Waals surface area contributed by atoms with Gasteiger partial charge in [0.1, 0.15) is 0 Å². The van der Waals surface area contributed by atoms with Gasteiger partial charge >= 0.3 is 5.97 Å². The number of hydrogen-bond donors (Lipinski definition) is 0. The first-order chi connectivity index (χ1) is 3.34. The largest absolute Gasteiger partial charge is 0.447 e. The first-order valence-electron chi connectivity index (χ1n) is 2.11. The maximum absolute atomic E-state index is 11.2. The van der Waals surface area contributed by atoms with Gasteiger partial charge in [0, 0.05) is 6.42 Å². The lowest BCUT2D eigenvalue weighted by molar-refractivity contribution is -0.117. The lowest BCUT2D eigenvalue weighted by atomic mass is 10.4. The molecule has 1 aliphatic heterocycles. The van der Waals surface area contributed by atoms with Crippen molar-refractivity contribution in [2.45, 2.75) is 12.5 Å². The van der Waals surface area contributed by atoms with Crippen molar-refractivity contribution in [3.63, 3.8) is 0 Å². The van der Waals surface area contributed by atoms with Gasteiger partial charge < -0.3 is 4.74 Å². The van der Waals surface area contributed by atoms with Crippen LogP contribution in [0, 0.1) is 0 Å². The SMILES string of the molecule is O=C1OC1CCF. The molecule has 2 nitrogen and oxygen atoms in total. The predicted octanol–water partition coefficient (Wildman–Crippen LogP) is 0.271. The van der Waals surface area contributed by atoms with Crippen LogP contribution in [0.2, 0.25) is 0 Å². The highest BCUT2D eigenvalue weighted by molar-refractivity contribution is 5.87. The quantitative estimate of drug-likeness (QED) is 0.470. The summed E-state index contributed by atoms with van der Waals surface area (Å²) in [4.78, 5) is 9.89. The van der Waals surface area contributed by atoms with E-state index in [-0.39, 0.29) is 12.4 Å². The van der Waals surface area contributed by atoms with Crippen molar-refractivity contribution in [3.05, 3.63) is 0 Å². The van der Waals surface area contributed by atoms with E-state index in [2.05, 4.69) is 4.74 Å². The van der Waals surface area contributed by atoms with Crippen LogP contribution in [0.1, 0.15) is 6.42 Å². The van der Waals surface area contributed by atoms with Gasteiger partial charge in [0.2, 0.25) is 6.10 Å². The summed E-state index contributed by atoms with van der Waals surface area (Å²) in [5.41, 5.74) is 0. The molecule has 1 atom stereocenters. The number of ether oxygens (including phenoxy) is 1. The monoisotopic (exact) mass is 104 g/mol. The van der Waals surface area contributed by atoms with Gasteiger partial charge in [-0.1, -0.05) is 0 Å². The first kappa shape index (κ1) is 4.56. The second-order valence-electron chi connectivity index (χ2n) is 1.40. The lowest BCUT2D eigenvalue weighted by Crippen LogP contribution is -1.86. The van der Waals surface area contributed by atoms with Crippen molar-refractivity contribution in [2.24, 2.45) is 0 Å². The molecule has 1 aliphatic rings. The van der Waals surface area contributed by atoms with Crippen LogP contribution in [-0.2, 0) is 9.53 Å². The summed E-state index contributed by atoms with van der Waals surface area (Å²) in [5.74, 6) is -0.266. The fraction of sp³-hybridized carbons (Fsp3) is 0.750. The molecule has 0 radical (unpaired) electrons. The molecule has 1 rings (SSSR count). The summed E-state index contributed by atoms with van der Waals surface area (Å²) < 4.78 is 15.5. The Morgan fingerprint density at radius 1 is 1.86 bits per heavy atom. The van der Waals surface area contributed by atoms with E-state index in [1.807, 2.05) is 0 Å². The van der Waals surface area contributed by atoms with Crippen LogP contribution < -0.4 is 0 Å². The molecule has 0 spiro atoms. The second-order valence-corrected chi connectivity index (χ2v) is 1.40. The molecule has 3 heteroatoms. The number of hydrogen-bond acceptors (Lipinski definition) is 2. The van der Waals surface area contributed by atoms with Gasteiger partial charge in [-0.3, -0.25) is 4.39 Å². The zero-order valence-corrected chi connectivity index (χ0v) is 3.69. The molecule has 0 aromatic heterocycles. The summed E-state index contributed by atoms with van der Waals surface area (Å²) >= 11 is 0. The average Bonchev–Trinajstić information content (AvgIpc) is 2.22. The summed E-state index contributed by atoms with van der Waals surface area (Å²) in [6.45, 7) is -0.462. The number of epoxide rings is 1. The smallest absolute Gasteiger partial charge is 0.348 e. The Balaban J connectivity index is 2.09. The zero-order valence-electron chi connectivity index (χ0n) is 3.69. The molecule has 0 N–H and O–H groups in total. The third-order valence-corrected chi connectivity index (χ3v) is 0.835. The van der Waals surface area contributed by atoms with Gasteiger partial charge in [-0.2, -0.15) is 0 Å². The van der Waals surface area contributed by atoms with Crippen LogP contribution in [0.4, 0.5) is 4.39 Å². The summed E-state index contributed by atoms with van der Waals surface area (Å²) in [7, 11) is 0. The Bertz CT molecular complexity index is 91.7. The number of alkyl halides is 1. The van der Waals surface area contributed by atoms with Crippen LogP contribution in [0.25, 0.3) is 0 Å². The van der Waals surface area contributed by atoms with E-state index < -0.39 is 12.8 Å². The second kappa shape index (κ2) is 1.48. The minimum Gasteiger partial charge on any atom is -0.447 e. The normalized spacial score (nSPS) is 27.0. The average molecular weight is 104 g/mol. The number of cyclic esters (lactones) is 1. The fourth-order valence-electron chi connectivity index (χ4n) is 0.382. The van der Waals surface area contributed by atoms with E-state index in [1.165, 1.54) is 0 Å². The number of carbonyl (C=O) groups is 1. The van der Waals surface area contributed by atoms with E-state index in [9.17, 15) is 9.18 Å². The van der Waals surface area contributed by atoms with Crippen molar-refractivity contribution in [2.75, 3.05) is 6.67 Å². The molecule has 0 aliphatic carbocycles. The molecular formula is C4H5FO2. The van der Waals surface area contributed by atoms with Crippen molar-refractivity contribution in [1.29, 1.82) is 0 Å². The summed E-state index contributed by atoms with van der Waals surface area (Å²) in [6.07, 6.45) is -0.163. The zero-order chi connectivity index (χ0) is 5.28. The Morgan fingerprint density at radius 3 is 2.57 bits per heavy atom. The molecule has 1 fully saturated rings. The van der Waals surface area contributed by atoms with E-state index in [4.69, 9.17) is 0 Å². The van der Waals surface area contributed by atoms with Gasteiger partial charge in [-0.05, 0) is 0 Å². The number of halogens is 1. The van der Waals surface area contributed by atoms with Crippen LogP contribution >= 0.6 is 0 Å². The van der Waals surface area contributed by atoms with Gasteiger partial charge in [0.05, 0.1) is 6.67 Å². The van der Waals surface area contributed by atoms with Crippen LogP contribution in [0.5, 0.6) is 0 Å².